The molecule has 0 radical (unpaired) electrons. The predicted molar refractivity (Wildman–Crippen MR) is 60.5 cm³/mol. The topological polar surface area (TPSA) is 29.1 Å². The average molecular weight is 308 g/mol. The van der Waals surface area contributed by atoms with Gasteiger partial charge in [-0.25, -0.2) is 0 Å². The minimum atomic E-state index is -4.43. The van der Waals surface area contributed by atoms with Crippen molar-refractivity contribution in [2.75, 3.05) is 5.32 Å². The lowest BCUT2D eigenvalue weighted by Crippen LogP contribution is -2.14. The molecule has 0 heterocycles. The normalized spacial score (nSPS) is 15.8. The summed E-state index contributed by atoms with van der Waals surface area (Å²) >= 11 is 2.84. The van der Waals surface area contributed by atoms with Gasteiger partial charge < -0.3 is 5.32 Å². The standard InChI is InChI=1S/C11H9BrF3NO/c12-9-4-3-7(5-8(9)11(13,14)15)16-10(17)6-1-2-6/h3-6H,1-2H2,(H,16,17). The molecular weight excluding hydrogens is 299 g/mol. The first-order valence-electron chi connectivity index (χ1n) is 5.05. The number of anilines is 1. The van der Waals surface area contributed by atoms with Crippen LogP contribution in [0.3, 0.4) is 0 Å². The van der Waals surface area contributed by atoms with Crippen molar-refractivity contribution in [1.82, 2.24) is 0 Å². The fourth-order valence-corrected chi connectivity index (χ4v) is 1.88. The second-order valence-electron chi connectivity index (χ2n) is 3.96. The number of alkyl halides is 3. The van der Waals surface area contributed by atoms with Gasteiger partial charge in [-0.3, -0.25) is 4.79 Å². The van der Waals surface area contributed by atoms with E-state index in [1.165, 1.54) is 12.1 Å². The minimum absolute atomic E-state index is 0.0329. The molecule has 1 saturated carbocycles. The van der Waals surface area contributed by atoms with Gasteiger partial charge in [-0.1, -0.05) is 15.9 Å². The third-order valence-electron chi connectivity index (χ3n) is 2.49. The van der Waals surface area contributed by atoms with E-state index < -0.39 is 11.7 Å². The van der Waals surface area contributed by atoms with Gasteiger partial charge in [0.15, 0.2) is 0 Å². The Morgan fingerprint density at radius 3 is 2.53 bits per heavy atom. The molecule has 1 aromatic rings. The van der Waals surface area contributed by atoms with Crippen LogP contribution in [-0.2, 0) is 11.0 Å². The maximum Gasteiger partial charge on any atom is 0.417 e. The first kappa shape index (κ1) is 12.4. The van der Waals surface area contributed by atoms with Crippen molar-refractivity contribution in [3.05, 3.63) is 28.2 Å². The van der Waals surface area contributed by atoms with Gasteiger partial charge in [0.25, 0.3) is 0 Å². The minimum Gasteiger partial charge on any atom is -0.326 e. The van der Waals surface area contributed by atoms with Gasteiger partial charge in [0.2, 0.25) is 5.91 Å². The van der Waals surface area contributed by atoms with Crippen LogP contribution < -0.4 is 5.32 Å². The van der Waals surface area contributed by atoms with Crippen LogP contribution in [0.1, 0.15) is 18.4 Å². The molecule has 0 atom stereocenters. The van der Waals surface area contributed by atoms with E-state index >= 15 is 0 Å². The fourth-order valence-electron chi connectivity index (χ4n) is 1.41. The third kappa shape index (κ3) is 3.00. The molecule has 1 amide bonds. The number of benzene rings is 1. The Bertz CT molecular complexity index is 455. The van der Waals surface area contributed by atoms with Crippen LogP contribution in [0.5, 0.6) is 0 Å². The van der Waals surface area contributed by atoms with E-state index in [-0.39, 0.29) is 22.0 Å². The lowest BCUT2D eigenvalue weighted by Gasteiger charge is -2.11. The summed E-state index contributed by atoms with van der Waals surface area (Å²) in [4.78, 5) is 11.4. The monoisotopic (exact) mass is 307 g/mol. The van der Waals surface area contributed by atoms with Crippen LogP contribution in [0.4, 0.5) is 18.9 Å². The van der Waals surface area contributed by atoms with Gasteiger partial charge in [0.1, 0.15) is 0 Å². The first-order valence-corrected chi connectivity index (χ1v) is 5.85. The van der Waals surface area contributed by atoms with Crippen LogP contribution in [-0.4, -0.2) is 5.91 Å². The summed E-state index contributed by atoms with van der Waals surface area (Å²) in [6, 6.07) is 3.66. The molecule has 92 valence electrons. The van der Waals surface area contributed by atoms with E-state index in [0.29, 0.717) is 0 Å². The number of carbonyl (C=O) groups excluding carboxylic acids is 1. The van der Waals surface area contributed by atoms with Gasteiger partial charge in [0.05, 0.1) is 5.56 Å². The summed E-state index contributed by atoms with van der Waals surface area (Å²) in [6.45, 7) is 0. The zero-order valence-corrected chi connectivity index (χ0v) is 10.2. The average Bonchev–Trinajstić information content (AvgIpc) is 3.02. The quantitative estimate of drug-likeness (QED) is 0.884. The fraction of sp³-hybridized carbons (Fsp3) is 0.364. The molecule has 2 nitrogen and oxygen atoms in total. The van der Waals surface area contributed by atoms with Gasteiger partial charge in [-0.15, -0.1) is 0 Å². The highest BCUT2D eigenvalue weighted by atomic mass is 79.9. The molecule has 1 N–H and O–H groups in total. The Morgan fingerprint density at radius 1 is 1.35 bits per heavy atom. The van der Waals surface area contributed by atoms with Gasteiger partial charge >= 0.3 is 6.18 Å². The van der Waals surface area contributed by atoms with E-state index in [1.807, 2.05) is 0 Å². The zero-order valence-electron chi connectivity index (χ0n) is 8.64. The number of carbonyl (C=O) groups is 1. The van der Waals surface area contributed by atoms with E-state index in [9.17, 15) is 18.0 Å². The van der Waals surface area contributed by atoms with Crippen LogP contribution in [0.25, 0.3) is 0 Å². The summed E-state index contributed by atoms with van der Waals surface area (Å²) < 4.78 is 37.8. The maximum absolute atomic E-state index is 12.6. The Hall–Kier alpha value is -1.04. The molecular formula is C11H9BrF3NO. The molecule has 0 aromatic heterocycles. The molecule has 0 spiro atoms. The number of amides is 1. The molecule has 1 aliphatic rings. The summed E-state index contributed by atoms with van der Waals surface area (Å²) in [5, 5.41) is 2.48. The second kappa shape index (κ2) is 4.33. The summed E-state index contributed by atoms with van der Waals surface area (Å²) in [7, 11) is 0. The Labute approximate surface area is 104 Å². The summed E-state index contributed by atoms with van der Waals surface area (Å²) in [5.74, 6) is -0.242. The zero-order chi connectivity index (χ0) is 12.6. The Morgan fingerprint density at radius 2 is 2.00 bits per heavy atom. The first-order chi connectivity index (χ1) is 7.88. The number of hydrogen-bond acceptors (Lipinski definition) is 1. The number of nitrogens with one attached hydrogen (secondary N) is 1. The molecule has 1 fully saturated rings. The molecule has 1 aromatic carbocycles. The molecule has 0 unspecified atom stereocenters. The van der Waals surface area contributed by atoms with Crippen molar-refractivity contribution in [2.24, 2.45) is 5.92 Å². The van der Waals surface area contributed by atoms with Crippen LogP contribution in [0.15, 0.2) is 22.7 Å². The van der Waals surface area contributed by atoms with Crippen molar-refractivity contribution in [1.29, 1.82) is 0 Å². The SMILES string of the molecule is O=C(Nc1ccc(Br)c(C(F)(F)F)c1)C1CC1. The van der Waals surface area contributed by atoms with E-state index in [1.54, 1.807) is 0 Å². The van der Waals surface area contributed by atoms with Gasteiger partial charge in [-0.2, -0.15) is 13.2 Å². The molecule has 2 rings (SSSR count). The number of hydrogen-bond donors (Lipinski definition) is 1. The maximum atomic E-state index is 12.6. The van der Waals surface area contributed by atoms with E-state index in [0.717, 1.165) is 18.9 Å². The molecule has 0 bridgehead atoms. The summed E-state index contributed by atoms with van der Waals surface area (Å²) in [6.07, 6.45) is -2.80. The molecule has 0 aliphatic heterocycles. The van der Waals surface area contributed by atoms with Crippen molar-refractivity contribution < 1.29 is 18.0 Å². The molecule has 6 heteroatoms. The summed E-state index contributed by atoms with van der Waals surface area (Å²) in [5.41, 5.74) is -0.608. The molecule has 17 heavy (non-hydrogen) atoms. The Balaban J connectivity index is 2.21. The lowest BCUT2D eigenvalue weighted by atomic mass is 10.2. The Kier molecular flexibility index (Phi) is 3.16. The molecule has 0 saturated heterocycles. The van der Waals surface area contributed by atoms with Crippen molar-refractivity contribution in [2.45, 2.75) is 19.0 Å². The highest BCUT2D eigenvalue weighted by molar-refractivity contribution is 9.10. The second-order valence-corrected chi connectivity index (χ2v) is 4.81. The number of rotatable bonds is 2. The van der Waals surface area contributed by atoms with Crippen LogP contribution in [0, 0.1) is 5.92 Å². The van der Waals surface area contributed by atoms with E-state index in [4.69, 9.17) is 0 Å². The van der Waals surface area contributed by atoms with Gasteiger partial charge in [0, 0.05) is 16.1 Å². The van der Waals surface area contributed by atoms with Crippen LogP contribution in [0.2, 0.25) is 0 Å². The van der Waals surface area contributed by atoms with Crippen molar-refractivity contribution in [3.63, 3.8) is 0 Å². The lowest BCUT2D eigenvalue weighted by molar-refractivity contribution is -0.138. The van der Waals surface area contributed by atoms with Crippen LogP contribution >= 0.6 is 15.9 Å². The highest BCUT2D eigenvalue weighted by Gasteiger charge is 2.34. The van der Waals surface area contributed by atoms with Crippen molar-refractivity contribution >= 4 is 27.5 Å². The smallest absolute Gasteiger partial charge is 0.326 e. The van der Waals surface area contributed by atoms with Crippen molar-refractivity contribution in [3.8, 4) is 0 Å². The third-order valence-corrected chi connectivity index (χ3v) is 3.18. The predicted octanol–water partition coefficient (Wildman–Crippen LogP) is 3.82. The molecule has 1 aliphatic carbocycles. The highest BCUT2D eigenvalue weighted by Crippen LogP contribution is 2.37. The largest absolute Gasteiger partial charge is 0.417 e. The number of halogens is 4. The van der Waals surface area contributed by atoms with E-state index in [2.05, 4.69) is 21.2 Å². The van der Waals surface area contributed by atoms with Gasteiger partial charge in [-0.05, 0) is 31.0 Å².